The summed E-state index contributed by atoms with van der Waals surface area (Å²) in [7, 11) is 1.62. The summed E-state index contributed by atoms with van der Waals surface area (Å²) in [5, 5.41) is 3.35. The summed E-state index contributed by atoms with van der Waals surface area (Å²) in [5.41, 5.74) is 0.964. The van der Waals surface area contributed by atoms with Gasteiger partial charge in [-0.3, -0.25) is 19.2 Å². The molecule has 1 aromatic carbocycles. The molecule has 27 heavy (non-hydrogen) atoms. The van der Waals surface area contributed by atoms with Crippen molar-refractivity contribution >= 4 is 5.82 Å². The molecule has 1 aromatic heterocycles. The third-order valence-corrected chi connectivity index (χ3v) is 5.70. The first-order valence-electron chi connectivity index (χ1n) is 9.62. The average Bonchev–Trinajstić information content (AvgIpc) is 2.72. The number of anilines is 1. The Morgan fingerprint density at radius 3 is 2.56 bits per heavy atom. The Morgan fingerprint density at radius 1 is 1.11 bits per heavy atom. The lowest BCUT2D eigenvalue weighted by molar-refractivity contribution is 0.152. The molecule has 144 valence electrons. The number of methoxy groups -OCH3 is 1. The first-order chi connectivity index (χ1) is 13.2. The van der Waals surface area contributed by atoms with Crippen LogP contribution in [0, 0.1) is 0 Å². The minimum atomic E-state index is -0.381. The van der Waals surface area contributed by atoms with Crippen molar-refractivity contribution < 1.29 is 4.74 Å². The van der Waals surface area contributed by atoms with Gasteiger partial charge in [-0.1, -0.05) is 31.4 Å². The maximum absolute atomic E-state index is 12.5. The molecule has 2 aromatic rings. The fourth-order valence-electron chi connectivity index (χ4n) is 4.17. The lowest BCUT2D eigenvalue weighted by atomic mass is 9.94. The number of nitrogens with one attached hydrogen (secondary N) is 2. The van der Waals surface area contributed by atoms with E-state index in [1.54, 1.807) is 11.7 Å². The monoisotopic (exact) mass is 370 g/mol. The summed E-state index contributed by atoms with van der Waals surface area (Å²) in [6.45, 7) is 1.66. The maximum Gasteiger partial charge on any atom is 0.330 e. The third-order valence-electron chi connectivity index (χ3n) is 5.70. The van der Waals surface area contributed by atoms with Gasteiger partial charge in [-0.05, 0) is 30.5 Å². The van der Waals surface area contributed by atoms with Gasteiger partial charge in [0.15, 0.2) is 0 Å². The van der Waals surface area contributed by atoms with Crippen LogP contribution in [0.25, 0.3) is 0 Å². The van der Waals surface area contributed by atoms with E-state index in [9.17, 15) is 9.59 Å². The van der Waals surface area contributed by atoms with Crippen molar-refractivity contribution in [3.8, 4) is 5.75 Å². The number of nitrogens with zero attached hydrogens (tertiary/aromatic N) is 2. The maximum atomic E-state index is 12.5. The molecule has 0 atom stereocenters. The molecule has 2 heterocycles. The van der Waals surface area contributed by atoms with Crippen molar-refractivity contribution in [3.05, 3.63) is 56.2 Å². The number of hydrogen-bond acceptors (Lipinski definition) is 5. The molecule has 1 fully saturated rings. The molecule has 0 unspecified atom stereocenters. The van der Waals surface area contributed by atoms with Crippen LogP contribution in [0.2, 0.25) is 0 Å². The molecule has 4 rings (SSSR count). The second kappa shape index (κ2) is 7.60. The van der Waals surface area contributed by atoms with E-state index in [1.165, 1.54) is 32.1 Å². The Hall–Kier alpha value is -2.54. The van der Waals surface area contributed by atoms with Gasteiger partial charge in [0.2, 0.25) is 0 Å². The van der Waals surface area contributed by atoms with E-state index in [0.717, 1.165) is 11.3 Å². The van der Waals surface area contributed by atoms with Crippen molar-refractivity contribution in [1.82, 2.24) is 14.5 Å². The zero-order valence-corrected chi connectivity index (χ0v) is 15.7. The largest absolute Gasteiger partial charge is 0.497 e. The van der Waals surface area contributed by atoms with Crippen LogP contribution in [-0.4, -0.2) is 34.3 Å². The van der Waals surface area contributed by atoms with Gasteiger partial charge < -0.3 is 10.1 Å². The van der Waals surface area contributed by atoms with E-state index in [2.05, 4.69) is 15.2 Å². The van der Waals surface area contributed by atoms with Crippen molar-refractivity contribution in [3.63, 3.8) is 0 Å². The number of ether oxygens (including phenoxy) is 1. The van der Waals surface area contributed by atoms with Crippen molar-refractivity contribution in [2.75, 3.05) is 19.1 Å². The lowest BCUT2D eigenvalue weighted by Gasteiger charge is -2.38. The van der Waals surface area contributed by atoms with Gasteiger partial charge in [0.25, 0.3) is 5.56 Å². The number of fused-ring (bicyclic) bond motifs is 1. The molecule has 1 aliphatic heterocycles. The number of H-pyrrole nitrogens is 1. The molecule has 0 saturated heterocycles. The van der Waals surface area contributed by atoms with Crippen molar-refractivity contribution in [2.45, 2.75) is 51.2 Å². The normalized spacial score (nSPS) is 18.0. The number of rotatable bonds is 4. The highest BCUT2D eigenvalue weighted by Crippen LogP contribution is 2.27. The molecule has 7 heteroatoms. The van der Waals surface area contributed by atoms with Gasteiger partial charge >= 0.3 is 5.69 Å². The highest BCUT2D eigenvalue weighted by atomic mass is 16.5. The summed E-state index contributed by atoms with van der Waals surface area (Å²) < 4.78 is 6.81. The topological polar surface area (TPSA) is 79.4 Å². The Bertz CT molecular complexity index is 910. The molecule has 7 nitrogen and oxygen atoms in total. The standard InChI is InChI=1S/C20H26N4O3/c1-27-16-9-7-14(8-10-16)11-24-18-17(19(25)22-20(24)26)12-23(13-21-18)15-5-3-2-4-6-15/h7-10,15,21H,2-6,11-13H2,1H3,(H,22,25,26). The van der Waals surface area contributed by atoms with Crippen LogP contribution < -0.4 is 21.3 Å². The minimum absolute atomic E-state index is 0.283. The van der Waals surface area contributed by atoms with E-state index in [-0.39, 0.29) is 11.2 Å². The van der Waals surface area contributed by atoms with E-state index in [1.807, 2.05) is 24.3 Å². The second-order valence-electron chi connectivity index (χ2n) is 7.39. The fourth-order valence-corrected chi connectivity index (χ4v) is 4.17. The fraction of sp³-hybridized carbons (Fsp3) is 0.500. The van der Waals surface area contributed by atoms with Gasteiger partial charge in [0.1, 0.15) is 11.6 Å². The molecule has 0 radical (unpaired) electrons. The van der Waals surface area contributed by atoms with Crippen molar-refractivity contribution in [1.29, 1.82) is 0 Å². The van der Waals surface area contributed by atoms with Gasteiger partial charge in [0.05, 0.1) is 25.9 Å². The molecule has 1 aliphatic carbocycles. The first kappa shape index (κ1) is 17.9. The van der Waals surface area contributed by atoms with E-state index >= 15 is 0 Å². The number of aromatic amines is 1. The summed E-state index contributed by atoms with van der Waals surface area (Å²) in [6, 6.07) is 8.12. The minimum Gasteiger partial charge on any atom is -0.497 e. The molecular formula is C20H26N4O3. The van der Waals surface area contributed by atoms with E-state index < -0.39 is 0 Å². The Kier molecular flexibility index (Phi) is 5.03. The van der Waals surface area contributed by atoms with E-state index in [4.69, 9.17) is 4.74 Å². The van der Waals surface area contributed by atoms with Crippen LogP contribution in [0.4, 0.5) is 5.82 Å². The van der Waals surface area contributed by atoms with Crippen LogP contribution in [-0.2, 0) is 13.1 Å². The van der Waals surface area contributed by atoms with Gasteiger partial charge in [-0.25, -0.2) is 4.79 Å². The van der Waals surface area contributed by atoms with Crippen LogP contribution in [0.1, 0.15) is 43.2 Å². The lowest BCUT2D eigenvalue weighted by Crippen LogP contribution is -2.47. The van der Waals surface area contributed by atoms with Crippen LogP contribution in [0.5, 0.6) is 5.75 Å². The summed E-state index contributed by atoms with van der Waals surface area (Å²) in [5.74, 6) is 1.42. The number of hydrogen-bond donors (Lipinski definition) is 2. The average molecular weight is 370 g/mol. The molecule has 0 bridgehead atoms. The van der Waals surface area contributed by atoms with Gasteiger partial charge in [-0.15, -0.1) is 0 Å². The van der Waals surface area contributed by atoms with Crippen LogP contribution in [0.15, 0.2) is 33.9 Å². The van der Waals surface area contributed by atoms with Crippen LogP contribution >= 0.6 is 0 Å². The molecular weight excluding hydrogens is 344 g/mol. The molecule has 0 spiro atoms. The predicted octanol–water partition coefficient (Wildman–Crippen LogP) is 2.11. The summed E-state index contributed by atoms with van der Waals surface area (Å²) in [4.78, 5) is 29.7. The smallest absolute Gasteiger partial charge is 0.330 e. The third kappa shape index (κ3) is 3.64. The number of benzene rings is 1. The second-order valence-corrected chi connectivity index (χ2v) is 7.39. The first-order valence-corrected chi connectivity index (χ1v) is 9.62. The number of aromatic nitrogens is 2. The van der Waals surface area contributed by atoms with Gasteiger partial charge in [0, 0.05) is 12.6 Å². The molecule has 1 saturated carbocycles. The molecule has 0 amide bonds. The van der Waals surface area contributed by atoms with Gasteiger partial charge in [-0.2, -0.15) is 0 Å². The summed E-state index contributed by atoms with van der Waals surface area (Å²) >= 11 is 0. The predicted molar refractivity (Wildman–Crippen MR) is 104 cm³/mol. The zero-order chi connectivity index (χ0) is 18.8. The zero-order valence-electron chi connectivity index (χ0n) is 15.7. The highest BCUT2D eigenvalue weighted by molar-refractivity contribution is 5.46. The Balaban J connectivity index is 1.62. The Labute approximate surface area is 158 Å². The molecule has 2 N–H and O–H groups in total. The Morgan fingerprint density at radius 2 is 1.85 bits per heavy atom. The highest BCUT2D eigenvalue weighted by Gasteiger charge is 2.28. The van der Waals surface area contributed by atoms with Crippen LogP contribution in [0.3, 0.4) is 0 Å². The quantitative estimate of drug-likeness (QED) is 0.862. The van der Waals surface area contributed by atoms with Crippen molar-refractivity contribution in [2.24, 2.45) is 0 Å². The van der Waals surface area contributed by atoms with E-state index in [0.29, 0.717) is 37.2 Å². The SMILES string of the molecule is COc1ccc(Cn2c3c(c(=O)[nH]c2=O)CN(C2CCCCC2)CN3)cc1. The molecule has 2 aliphatic rings. The summed E-state index contributed by atoms with van der Waals surface area (Å²) in [6.07, 6.45) is 6.17.